The quantitative estimate of drug-likeness (QED) is 0.863. The first-order valence-corrected chi connectivity index (χ1v) is 8.88. The third-order valence-corrected chi connectivity index (χ3v) is 4.65. The molecule has 1 atom stereocenters. The first-order chi connectivity index (χ1) is 12.7. The zero-order valence-corrected chi connectivity index (χ0v) is 16.3. The number of anilines is 2. The molecule has 0 bridgehead atoms. The van der Waals surface area contributed by atoms with Crippen molar-refractivity contribution in [1.29, 1.82) is 0 Å². The summed E-state index contributed by atoms with van der Waals surface area (Å²) in [4.78, 5) is 27.3. The molecule has 7 heteroatoms. The highest BCUT2D eigenvalue weighted by molar-refractivity contribution is 6.31. The summed E-state index contributed by atoms with van der Waals surface area (Å²) in [6.45, 7) is 5.00. The number of fused-ring (bicyclic) bond motifs is 1. The van der Waals surface area contributed by atoms with E-state index < -0.39 is 11.6 Å². The summed E-state index contributed by atoms with van der Waals surface area (Å²) in [5.41, 5.74) is -0.0996. The Labute approximate surface area is 163 Å². The van der Waals surface area contributed by atoms with Gasteiger partial charge < -0.3 is 14.8 Å². The van der Waals surface area contributed by atoms with Crippen LogP contribution in [0.5, 0.6) is 11.5 Å². The van der Waals surface area contributed by atoms with Crippen LogP contribution in [-0.2, 0) is 9.59 Å². The SMILES string of the molecule is COc1ccccc1NC(=O)C(C)N1C(=O)C(C)(C)Oc2ccc(Cl)cc21. The van der Waals surface area contributed by atoms with Gasteiger partial charge in [0.15, 0.2) is 5.60 Å². The van der Waals surface area contributed by atoms with Gasteiger partial charge in [0.1, 0.15) is 17.5 Å². The van der Waals surface area contributed by atoms with Crippen LogP contribution in [-0.4, -0.2) is 30.6 Å². The Hall–Kier alpha value is -2.73. The number of amides is 2. The number of benzene rings is 2. The molecule has 0 spiro atoms. The van der Waals surface area contributed by atoms with Crippen LogP contribution < -0.4 is 19.7 Å². The number of hydrogen-bond donors (Lipinski definition) is 1. The predicted octanol–water partition coefficient (Wildman–Crippen LogP) is 3.88. The number of hydrogen-bond acceptors (Lipinski definition) is 4. The van der Waals surface area contributed by atoms with Gasteiger partial charge in [0.2, 0.25) is 5.91 Å². The minimum atomic E-state index is -1.10. The second kappa shape index (κ2) is 7.12. The van der Waals surface area contributed by atoms with Crippen molar-refractivity contribution in [3.05, 3.63) is 47.5 Å². The maximum Gasteiger partial charge on any atom is 0.271 e. The Kier molecular flexibility index (Phi) is 5.02. The molecule has 1 heterocycles. The van der Waals surface area contributed by atoms with E-state index >= 15 is 0 Å². The molecule has 3 rings (SSSR count). The standard InChI is InChI=1S/C20H21ClN2O4/c1-12(18(24)22-14-7-5-6-8-16(14)26-4)23-15-11-13(21)9-10-17(15)27-20(2,3)19(23)25/h5-12H,1-4H3,(H,22,24). The molecule has 1 aliphatic rings. The topological polar surface area (TPSA) is 67.9 Å². The molecule has 1 N–H and O–H groups in total. The van der Waals surface area contributed by atoms with Gasteiger partial charge in [-0.05, 0) is 51.1 Å². The van der Waals surface area contributed by atoms with E-state index in [2.05, 4.69) is 5.32 Å². The Balaban J connectivity index is 1.95. The maximum atomic E-state index is 13.0. The molecule has 2 amide bonds. The fourth-order valence-corrected chi connectivity index (χ4v) is 3.14. The van der Waals surface area contributed by atoms with Crippen molar-refractivity contribution in [1.82, 2.24) is 0 Å². The van der Waals surface area contributed by atoms with E-state index in [1.54, 1.807) is 57.2 Å². The van der Waals surface area contributed by atoms with Crippen molar-refractivity contribution >= 4 is 34.8 Å². The van der Waals surface area contributed by atoms with Crippen molar-refractivity contribution in [2.45, 2.75) is 32.4 Å². The van der Waals surface area contributed by atoms with Crippen molar-refractivity contribution < 1.29 is 19.1 Å². The average molecular weight is 389 g/mol. The number of nitrogens with zero attached hydrogens (tertiary/aromatic N) is 1. The van der Waals surface area contributed by atoms with Gasteiger partial charge in [-0.25, -0.2) is 0 Å². The Bertz CT molecular complexity index is 897. The van der Waals surface area contributed by atoms with Gasteiger partial charge >= 0.3 is 0 Å². The van der Waals surface area contributed by atoms with Crippen LogP contribution >= 0.6 is 11.6 Å². The highest BCUT2D eigenvalue weighted by Crippen LogP contribution is 2.40. The number of carbonyl (C=O) groups excluding carboxylic acids is 2. The fourth-order valence-electron chi connectivity index (χ4n) is 2.97. The summed E-state index contributed by atoms with van der Waals surface area (Å²) in [6.07, 6.45) is 0. The van der Waals surface area contributed by atoms with Gasteiger partial charge in [-0.3, -0.25) is 14.5 Å². The molecule has 1 aliphatic heterocycles. The Morgan fingerprint density at radius 2 is 1.96 bits per heavy atom. The maximum absolute atomic E-state index is 13.0. The number of ether oxygens (including phenoxy) is 2. The van der Waals surface area contributed by atoms with Crippen LogP contribution in [0.4, 0.5) is 11.4 Å². The van der Waals surface area contributed by atoms with Gasteiger partial charge in [0.05, 0.1) is 18.5 Å². The van der Waals surface area contributed by atoms with Gasteiger partial charge in [0, 0.05) is 5.02 Å². The normalized spacial score (nSPS) is 16.2. The molecule has 0 aromatic heterocycles. The first kappa shape index (κ1) is 19.0. The van der Waals surface area contributed by atoms with Crippen LogP contribution in [0.1, 0.15) is 20.8 Å². The van der Waals surface area contributed by atoms with Crippen molar-refractivity contribution in [3.8, 4) is 11.5 Å². The van der Waals surface area contributed by atoms with E-state index in [4.69, 9.17) is 21.1 Å². The molecule has 27 heavy (non-hydrogen) atoms. The predicted molar refractivity (Wildman–Crippen MR) is 105 cm³/mol. The van der Waals surface area contributed by atoms with E-state index in [-0.39, 0.29) is 11.8 Å². The van der Waals surface area contributed by atoms with Crippen LogP contribution in [0, 0.1) is 0 Å². The van der Waals surface area contributed by atoms with Gasteiger partial charge in [-0.1, -0.05) is 23.7 Å². The van der Waals surface area contributed by atoms with Crippen molar-refractivity contribution in [2.24, 2.45) is 0 Å². The number of para-hydroxylation sites is 2. The lowest BCUT2D eigenvalue weighted by Crippen LogP contribution is -2.57. The minimum absolute atomic E-state index is 0.319. The van der Waals surface area contributed by atoms with Gasteiger partial charge in [0.25, 0.3) is 5.91 Å². The molecule has 0 saturated heterocycles. The average Bonchev–Trinajstić information content (AvgIpc) is 2.63. The summed E-state index contributed by atoms with van der Waals surface area (Å²) in [7, 11) is 1.53. The van der Waals surface area contributed by atoms with E-state index in [9.17, 15) is 9.59 Å². The van der Waals surface area contributed by atoms with E-state index in [0.717, 1.165) is 0 Å². The Morgan fingerprint density at radius 1 is 1.26 bits per heavy atom. The summed E-state index contributed by atoms with van der Waals surface area (Å²) in [5.74, 6) is 0.368. The second-order valence-corrected chi connectivity index (χ2v) is 7.20. The lowest BCUT2D eigenvalue weighted by Gasteiger charge is -2.41. The molecular weight excluding hydrogens is 368 g/mol. The second-order valence-electron chi connectivity index (χ2n) is 6.77. The Morgan fingerprint density at radius 3 is 2.67 bits per heavy atom. The lowest BCUT2D eigenvalue weighted by molar-refractivity contribution is -0.134. The van der Waals surface area contributed by atoms with Crippen molar-refractivity contribution in [2.75, 3.05) is 17.3 Å². The summed E-state index contributed by atoms with van der Waals surface area (Å²) >= 11 is 6.10. The van der Waals surface area contributed by atoms with Crippen molar-refractivity contribution in [3.63, 3.8) is 0 Å². The zero-order valence-electron chi connectivity index (χ0n) is 15.6. The molecule has 1 unspecified atom stereocenters. The third kappa shape index (κ3) is 3.57. The molecule has 142 valence electrons. The van der Waals surface area contributed by atoms with Crippen LogP contribution in [0.3, 0.4) is 0 Å². The highest BCUT2D eigenvalue weighted by atomic mass is 35.5. The number of rotatable bonds is 4. The summed E-state index contributed by atoms with van der Waals surface area (Å²) in [5, 5.41) is 3.27. The first-order valence-electron chi connectivity index (χ1n) is 8.50. The van der Waals surface area contributed by atoms with Gasteiger partial charge in [-0.15, -0.1) is 0 Å². The molecular formula is C20H21ClN2O4. The zero-order chi connectivity index (χ0) is 19.8. The molecule has 2 aromatic rings. The van der Waals surface area contributed by atoms with Crippen LogP contribution in [0.15, 0.2) is 42.5 Å². The third-order valence-electron chi connectivity index (χ3n) is 4.41. The number of carbonyl (C=O) groups is 2. The molecule has 0 radical (unpaired) electrons. The molecule has 6 nitrogen and oxygen atoms in total. The largest absolute Gasteiger partial charge is 0.495 e. The number of halogens is 1. The number of nitrogens with one attached hydrogen (secondary N) is 1. The molecule has 0 aliphatic carbocycles. The van der Waals surface area contributed by atoms with E-state index in [1.807, 2.05) is 6.07 Å². The lowest BCUT2D eigenvalue weighted by atomic mass is 10.0. The van der Waals surface area contributed by atoms with Gasteiger partial charge in [-0.2, -0.15) is 0 Å². The van der Waals surface area contributed by atoms with E-state index in [0.29, 0.717) is 27.9 Å². The summed E-state index contributed by atoms with van der Waals surface area (Å²) < 4.78 is 11.1. The highest BCUT2D eigenvalue weighted by Gasteiger charge is 2.44. The fraction of sp³-hybridized carbons (Fsp3) is 0.300. The smallest absolute Gasteiger partial charge is 0.271 e. The minimum Gasteiger partial charge on any atom is -0.495 e. The molecule has 0 saturated carbocycles. The molecule has 2 aromatic carbocycles. The monoisotopic (exact) mass is 388 g/mol. The molecule has 0 fully saturated rings. The van der Waals surface area contributed by atoms with E-state index in [1.165, 1.54) is 12.0 Å². The van der Waals surface area contributed by atoms with Crippen LogP contribution in [0.2, 0.25) is 5.02 Å². The number of methoxy groups -OCH3 is 1. The van der Waals surface area contributed by atoms with Crippen LogP contribution in [0.25, 0.3) is 0 Å². The summed E-state index contributed by atoms with van der Waals surface area (Å²) in [6, 6.07) is 11.3.